The van der Waals surface area contributed by atoms with Crippen LogP contribution >= 0.6 is 11.8 Å². The number of benzene rings is 1. The Morgan fingerprint density at radius 1 is 1.17 bits per heavy atom. The van der Waals surface area contributed by atoms with E-state index >= 15 is 0 Å². The van der Waals surface area contributed by atoms with E-state index in [2.05, 4.69) is 39.9 Å². The van der Waals surface area contributed by atoms with Crippen LogP contribution in [-0.4, -0.2) is 63.4 Å². The third kappa shape index (κ3) is 5.79. The molecule has 1 aliphatic carbocycles. The average Bonchev–Trinajstić information content (AvgIpc) is 3.25. The van der Waals surface area contributed by atoms with E-state index in [0.717, 1.165) is 11.3 Å². The lowest BCUT2D eigenvalue weighted by atomic mass is 9.75. The topological polar surface area (TPSA) is 106 Å². The van der Waals surface area contributed by atoms with Gasteiger partial charge in [-0.2, -0.15) is 5.10 Å². The van der Waals surface area contributed by atoms with E-state index in [1.165, 1.54) is 11.8 Å². The molecule has 2 fully saturated rings. The van der Waals surface area contributed by atoms with E-state index in [1.807, 2.05) is 49.9 Å². The number of hydrogen-bond acceptors (Lipinski definition) is 7. The van der Waals surface area contributed by atoms with Crippen LogP contribution in [0.1, 0.15) is 52.5 Å². The number of fused-ring (bicyclic) bond motifs is 3. The molecule has 2 heterocycles. The highest BCUT2D eigenvalue weighted by atomic mass is 32.2. The Balaban J connectivity index is 1.49. The van der Waals surface area contributed by atoms with Crippen molar-refractivity contribution >= 4 is 40.3 Å². The standard InChI is InChI=1S/C26H38N6O3S/c1-15(2)13-31-24(35)20-11-8-18(23(34)27-16(3)4)12-21(20)32-25(31)29-30-26(32)36-14-22(33)28-19-9-6-17(5)7-10-19/h6-7,9-10,15-16,18,20-21,25,29H,8,11-14H2,1-5H3,(H,27,34)(H,28,33). The second-order valence-electron chi connectivity index (χ2n) is 10.7. The summed E-state index contributed by atoms with van der Waals surface area (Å²) in [5, 5.41) is 11.2. The highest BCUT2D eigenvalue weighted by Crippen LogP contribution is 2.41. The number of hydrazone groups is 1. The van der Waals surface area contributed by atoms with E-state index in [-0.39, 0.29) is 47.4 Å². The molecule has 0 aromatic heterocycles. The molecule has 3 amide bonds. The van der Waals surface area contributed by atoms with Gasteiger partial charge in [0, 0.05) is 30.2 Å². The molecule has 4 atom stereocenters. The van der Waals surface area contributed by atoms with Crippen LogP contribution in [0, 0.1) is 24.7 Å². The third-order valence-electron chi connectivity index (χ3n) is 6.86. The zero-order chi connectivity index (χ0) is 26.0. The molecule has 0 spiro atoms. The zero-order valence-electron chi connectivity index (χ0n) is 21.8. The molecule has 9 nitrogen and oxygen atoms in total. The van der Waals surface area contributed by atoms with Crippen molar-refractivity contribution in [2.75, 3.05) is 17.6 Å². The molecule has 2 aliphatic heterocycles. The van der Waals surface area contributed by atoms with Gasteiger partial charge < -0.3 is 20.4 Å². The molecule has 3 N–H and O–H groups in total. The maximum absolute atomic E-state index is 13.5. The highest BCUT2D eigenvalue weighted by Gasteiger charge is 2.53. The Morgan fingerprint density at radius 2 is 1.89 bits per heavy atom. The van der Waals surface area contributed by atoms with Crippen LogP contribution in [0.25, 0.3) is 0 Å². The van der Waals surface area contributed by atoms with Gasteiger partial charge in [0.25, 0.3) is 0 Å². The summed E-state index contributed by atoms with van der Waals surface area (Å²) in [5.74, 6) is 0.239. The summed E-state index contributed by atoms with van der Waals surface area (Å²) in [6.07, 6.45) is 1.57. The Bertz CT molecular complexity index is 1010. The van der Waals surface area contributed by atoms with Crippen LogP contribution in [-0.2, 0) is 14.4 Å². The largest absolute Gasteiger partial charge is 0.354 e. The molecule has 1 aromatic carbocycles. The molecular weight excluding hydrogens is 476 g/mol. The number of carbonyl (C=O) groups excluding carboxylic acids is 3. The predicted octanol–water partition coefficient (Wildman–Crippen LogP) is 2.93. The lowest BCUT2D eigenvalue weighted by Gasteiger charge is -2.51. The Labute approximate surface area is 217 Å². The molecule has 1 aromatic rings. The lowest BCUT2D eigenvalue weighted by molar-refractivity contribution is -0.158. The second-order valence-corrected chi connectivity index (χ2v) is 11.7. The summed E-state index contributed by atoms with van der Waals surface area (Å²) in [5.41, 5.74) is 5.04. The summed E-state index contributed by atoms with van der Waals surface area (Å²) >= 11 is 1.36. The Morgan fingerprint density at radius 3 is 2.56 bits per heavy atom. The summed E-state index contributed by atoms with van der Waals surface area (Å²) < 4.78 is 0. The smallest absolute Gasteiger partial charge is 0.234 e. The van der Waals surface area contributed by atoms with Crippen molar-refractivity contribution in [1.29, 1.82) is 0 Å². The van der Waals surface area contributed by atoms with Crippen LogP contribution in [0.2, 0.25) is 0 Å². The number of nitrogens with one attached hydrogen (secondary N) is 3. The van der Waals surface area contributed by atoms with Gasteiger partial charge in [-0.05, 0) is 58.1 Å². The van der Waals surface area contributed by atoms with Crippen LogP contribution in [0.4, 0.5) is 5.69 Å². The van der Waals surface area contributed by atoms with Gasteiger partial charge in [-0.3, -0.25) is 19.8 Å². The average molecular weight is 515 g/mol. The van der Waals surface area contributed by atoms with Gasteiger partial charge in [0.2, 0.25) is 17.7 Å². The van der Waals surface area contributed by atoms with Gasteiger partial charge >= 0.3 is 0 Å². The molecule has 4 rings (SSSR count). The molecule has 1 saturated carbocycles. The summed E-state index contributed by atoms with van der Waals surface area (Å²) in [4.78, 5) is 43.0. The van der Waals surface area contributed by atoms with Gasteiger partial charge in [-0.25, -0.2) is 0 Å². The van der Waals surface area contributed by atoms with Crippen molar-refractivity contribution in [2.24, 2.45) is 22.9 Å². The van der Waals surface area contributed by atoms with Crippen molar-refractivity contribution in [3.8, 4) is 0 Å². The SMILES string of the molecule is Cc1ccc(NC(=O)CSC2=NNC3N(CC(C)C)C(=O)C4CCC(C(=O)NC(C)C)CC4N23)cc1. The molecule has 0 bridgehead atoms. The van der Waals surface area contributed by atoms with Crippen LogP contribution in [0.3, 0.4) is 0 Å². The number of nitrogens with zero attached hydrogens (tertiary/aromatic N) is 3. The van der Waals surface area contributed by atoms with Crippen molar-refractivity contribution in [3.63, 3.8) is 0 Å². The van der Waals surface area contributed by atoms with Crippen LogP contribution in [0.15, 0.2) is 29.4 Å². The fourth-order valence-corrected chi connectivity index (χ4v) is 6.08. The molecular formula is C26H38N6O3S. The van der Waals surface area contributed by atoms with Crippen molar-refractivity contribution < 1.29 is 14.4 Å². The molecule has 4 unspecified atom stereocenters. The first kappa shape index (κ1) is 26.3. The first-order valence-corrected chi connectivity index (χ1v) is 13.8. The van der Waals surface area contributed by atoms with Crippen molar-refractivity contribution in [2.45, 2.75) is 72.3 Å². The Kier molecular flexibility index (Phi) is 8.12. The molecule has 36 heavy (non-hydrogen) atoms. The predicted molar refractivity (Wildman–Crippen MR) is 143 cm³/mol. The minimum absolute atomic E-state index is 0.0489. The van der Waals surface area contributed by atoms with Crippen molar-refractivity contribution in [1.82, 2.24) is 20.5 Å². The molecule has 3 aliphatic rings. The third-order valence-corrected chi connectivity index (χ3v) is 7.83. The van der Waals surface area contributed by atoms with Crippen LogP contribution < -0.4 is 16.1 Å². The number of hydrogen-bond donors (Lipinski definition) is 3. The first-order valence-electron chi connectivity index (χ1n) is 12.9. The maximum atomic E-state index is 13.5. The zero-order valence-corrected chi connectivity index (χ0v) is 22.6. The fraction of sp³-hybridized carbons (Fsp3) is 0.615. The number of anilines is 1. The van der Waals surface area contributed by atoms with E-state index in [9.17, 15) is 14.4 Å². The summed E-state index contributed by atoms with van der Waals surface area (Å²) in [6, 6.07) is 7.63. The summed E-state index contributed by atoms with van der Waals surface area (Å²) in [7, 11) is 0. The van der Waals surface area contributed by atoms with E-state index in [4.69, 9.17) is 0 Å². The number of amidine groups is 1. The number of amides is 3. The molecule has 0 radical (unpaired) electrons. The minimum atomic E-state index is -0.393. The molecule has 1 saturated heterocycles. The quantitative estimate of drug-likeness (QED) is 0.517. The first-order chi connectivity index (χ1) is 17.1. The fourth-order valence-electron chi connectivity index (χ4n) is 5.25. The monoisotopic (exact) mass is 514 g/mol. The minimum Gasteiger partial charge on any atom is -0.354 e. The molecule has 196 valence electrons. The molecule has 10 heteroatoms. The number of aryl methyl sites for hydroxylation is 1. The Hall–Kier alpha value is -2.75. The van der Waals surface area contributed by atoms with E-state index in [1.54, 1.807) is 0 Å². The van der Waals surface area contributed by atoms with E-state index < -0.39 is 6.29 Å². The van der Waals surface area contributed by atoms with Gasteiger partial charge in [-0.15, -0.1) is 0 Å². The van der Waals surface area contributed by atoms with Crippen molar-refractivity contribution in [3.05, 3.63) is 29.8 Å². The highest BCUT2D eigenvalue weighted by molar-refractivity contribution is 8.14. The van der Waals surface area contributed by atoms with Crippen LogP contribution in [0.5, 0.6) is 0 Å². The van der Waals surface area contributed by atoms with Gasteiger partial charge in [0.05, 0.1) is 11.7 Å². The van der Waals surface area contributed by atoms with Gasteiger partial charge in [0.1, 0.15) is 0 Å². The number of carbonyl (C=O) groups is 3. The van der Waals surface area contributed by atoms with Gasteiger partial charge in [0.15, 0.2) is 11.5 Å². The second kappa shape index (κ2) is 11.1. The lowest BCUT2D eigenvalue weighted by Crippen LogP contribution is -2.68. The maximum Gasteiger partial charge on any atom is 0.234 e. The number of rotatable bonds is 7. The normalized spacial score (nSPS) is 25.3. The summed E-state index contributed by atoms with van der Waals surface area (Å²) in [6.45, 7) is 10.7. The van der Waals surface area contributed by atoms with E-state index in [0.29, 0.717) is 36.9 Å². The van der Waals surface area contributed by atoms with Gasteiger partial charge in [-0.1, -0.05) is 43.3 Å². The number of thioether (sulfide) groups is 1.